The van der Waals surface area contributed by atoms with E-state index >= 15 is 0 Å². The lowest BCUT2D eigenvalue weighted by Crippen LogP contribution is -2.60. The highest BCUT2D eigenvalue weighted by Crippen LogP contribution is 2.21. The van der Waals surface area contributed by atoms with Crippen molar-refractivity contribution in [1.29, 1.82) is 0 Å². The van der Waals surface area contributed by atoms with Crippen LogP contribution in [-0.2, 0) is 15.0 Å². The van der Waals surface area contributed by atoms with Gasteiger partial charge in [-0.25, -0.2) is 0 Å². The molecule has 1 amide bonds. The third-order valence-corrected chi connectivity index (χ3v) is 7.01. The van der Waals surface area contributed by atoms with Gasteiger partial charge in [0.1, 0.15) is 0 Å². The van der Waals surface area contributed by atoms with E-state index in [1.54, 1.807) is 7.05 Å². The Bertz CT molecular complexity index is 515. The second-order valence-corrected chi connectivity index (χ2v) is 8.68. The van der Waals surface area contributed by atoms with E-state index in [9.17, 15) is 13.2 Å². The Labute approximate surface area is 140 Å². The van der Waals surface area contributed by atoms with E-state index in [1.807, 2.05) is 25.7 Å². The molecule has 0 N–H and O–H groups in total. The molecular formula is C15H30N4O3S. The monoisotopic (exact) mass is 346 g/mol. The molecule has 134 valence electrons. The third-order valence-electron chi connectivity index (χ3n) is 4.95. The van der Waals surface area contributed by atoms with Gasteiger partial charge in [0, 0.05) is 52.4 Å². The predicted molar refractivity (Wildman–Crippen MR) is 90.2 cm³/mol. The van der Waals surface area contributed by atoms with Crippen molar-refractivity contribution >= 4 is 16.1 Å². The topological polar surface area (TPSA) is 64.2 Å². The Kier molecular flexibility index (Phi) is 6.05. The fourth-order valence-corrected chi connectivity index (χ4v) is 4.68. The molecule has 0 spiro atoms. The summed E-state index contributed by atoms with van der Waals surface area (Å²) in [5.74, 6) is 0.202. The Hall–Kier alpha value is -0.700. The molecule has 1 unspecified atom stereocenters. The third kappa shape index (κ3) is 3.87. The number of hydrogen-bond donors (Lipinski definition) is 0. The van der Waals surface area contributed by atoms with Crippen molar-refractivity contribution in [3.8, 4) is 0 Å². The number of likely N-dealkylation sites (tertiary alicyclic amines) is 1. The van der Waals surface area contributed by atoms with E-state index in [2.05, 4.69) is 4.90 Å². The number of amides is 1. The summed E-state index contributed by atoms with van der Waals surface area (Å²) in [5.41, 5.74) is 0. The van der Waals surface area contributed by atoms with Crippen molar-refractivity contribution in [3.05, 3.63) is 0 Å². The molecule has 0 aromatic heterocycles. The van der Waals surface area contributed by atoms with E-state index in [0.29, 0.717) is 32.7 Å². The predicted octanol–water partition coefficient (Wildman–Crippen LogP) is 0.200. The van der Waals surface area contributed by atoms with Gasteiger partial charge in [0.2, 0.25) is 5.91 Å². The van der Waals surface area contributed by atoms with Crippen LogP contribution in [0, 0.1) is 0 Å². The van der Waals surface area contributed by atoms with Gasteiger partial charge in [-0.15, -0.1) is 0 Å². The van der Waals surface area contributed by atoms with Crippen molar-refractivity contribution in [2.75, 3.05) is 46.3 Å². The second kappa shape index (κ2) is 7.46. The summed E-state index contributed by atoms with van der Waals surface area (Å²) < 4.78 is 27.6. The van der Waals surface area contributed by atoms with Crippen molar-refractivity contribution < 1.29 is 13.2 Å². The van der Waals surface area contributed by atoms with Gasteiger partial charge in [-0.1, -0.05) is 6.92 Å². The van der Waals surface area contributed by atoms with Crippen LogP contribution in [0.2, 0.25) is 0 Å². The minimum absolute atomic E-state index is 0.0834. The highest BCUT2D eigenvalue weighted by molar-refractivity contribution is 7.86. The van der Waals surface area contributed by atoms with E-state index in [4.69, 9.17) is 0 Å². The lowest BCUT2D eigenvalue weighted by atomic mass is 10.0. The molecule has 2 aliphatic heterocycles. The Balaban J connectivity index is 1.98. The van der Waals surface area contributed by atoms with Crippen molar-refractivity contribution in [2.45, 2.75) is 45.7 Å². The molecule has 2 heterocycles. The number of piperidine rings is 1. The highest BCUT2D eigenvalue weighted by atomic mass is 32.2. The molecule has 2 fully saturated rings. The van der Waals surface area contributed by atoms with E-state index < -0.39 is 10.2 Å². The van der Waals surface area contributed by atoms with Crippen molar-refractivity contribution in [3.63, 3.8) is 0 Å². The largest absolute Gasteiger partial charge is 0.339 e. The molecule has 0 saturated carbocycles. The van der Waals surface area contributed by atoms with Crippen molar-refractivity contribution in [1.82, 2.24) is 18.4 Å². The maximum absolute atomic E-state index is 12.6. The van der Waals surface area contributed by atoms with Gasteiger partial charge in [-0.05, 0) is 26.7 Å². The molecular weight excluding hydrogens is 316 g/mol. The van der Waals surface area contributed by atoms with E-state index in [0.717, 1.165) is 19.4 Å². The molecule has 1 atom stereocenters. The summed E-state index contributed by atoms with van der Waals surface area (Å²) >= 11 is 0. The van der Waals surface area contributed by atoms with Crippen LogP contribution in [0.15, 0.2) is 0 Å². The number of rotatable bonds is 5. The summed E-state index contributed by atoms with van der Waals surface area (Å²) in [7, 11) is -1.76. The summed E-state index contributed by atoms with van der Waals surface area (Å²) in [6, 6.07) is 0.144. The van der Waals surface area contributed by atoms with Gasteiger partial charge in [0.05, 0.1) is 6.04 Å². The first-order valence-corrected chi connectivity index (χ1v) is 9.94. The number of piperazine rings is 1. The number of carbonyl (C=O) groups excluding carboxylic acids is 1. The SMILES string of the molecule is CCN(C)S(=O)(=O)N1CCN(C2CCCN(C(C)C)C2=O)CC1. The lowest BCUT2D eigenvalue weighted by Gasteiger charge is -2.43. The van der Waals surface area contributed by atoms with Gasteiger partial charge in [0.25, 0.3) is 10.2 Å². The quantitative estimate of drug-likeness (QED) is 0.713. The van der Waals surface area contributed by atoms with Crippen LogP contribution in [-0.4, -0.2) is 91.1 Å². The first kappa shape index (κ1) is 18.6. The van der Waals surface area contributed by atoms with Crippen LogP contribution in [0.4, 0.5) is 0 Å². The van der Waals surface area contributed by atoms with Gasteiger partial charge >= 0.3 is 0 Å². The molecule has 0 aliphatic carbocycles. The zero-order valence-corrected chi connectivity index (χ0v) is 15.5. The molecule has 2 aliphatic rings. The van der Waals surface area contributed by atoms with Crippen LogP contribution >= 0.6 is 0 Å². The zero-order chi connectivity index (χ0) is 17.2. The van der Waals surface area contributed by atoms with Gasteiger partial charge < -0.3 is 4.90 Å². The van der Waals surface area contributed by atoms with Crippen molar-refractivity contribution in [2.24, 2.45) is 0 Å². The summed E-state index contributed by atoms with van der Waals surface area (Å²) in [6.45, 7) is 9.38. The second-order valence-electron chi connectivity index (χ2n) is 6.64. The minimum Gasteiger partial charge on any atom is -0.339 e. The Morgan fingerprint density at radius 1 is 1.17 bits per heavy atom. The number of hydrogen-bond acceptors (Lipinski definition) is 4. The highest BCUT2D eigenvalue weighted by Gasteiger charge is 2.37. The average Bonchev–Trinajstić information content (AvgIpc) is 2.54. The Morgan fingerprint density at radius 2 is 1.78 bits per heavy atom. The van der Waals surface area contributed by atoms with E-state index in [1.165, 1.54) is 8.61 Å². The molecule has 23 heavy (non-hydrogen) atoms. The molecule has 7 nitrogen and oxygen atoms in total. The van der Waals surface area contributed by atoms with Gasteiger partial charge in [-0.3, -0.25) is 9.69 Å². The lowest BCUT2D eigenvalue weighted by molar-refractivity contribution is -0.142. The smallest absolute Gasteiger partial charge is 0.281 e. The first-order valence-electron chi connectivity index (χ1n) is 8.55. The summed E-state index contributed by atoms with van der Waals surface area (Å²) in [4.78, 5) is 16.8. The van der Waals surface area contributed by atoms with Crippen LogP contribution < -0.4 is 0 Å². The summed E-state index contributed by atoms with van der Waals surface area (Å²) in [6.07, 6.45) is 1.90. The molecule has 0 radical (unpaired) electrons. The fraction of sp³-hybridized carbons (Fsp3) is 0.933. The molecule has 2 saturated heterocycles. The van der Waals surface area contributed by atoms with E-state index in [-0.39, 0.29) is 18.0 Å². The first-order chi connectivity index (χ1) is 10.8. The molecule has 8 heteroatoms. The maximum atomic E-state index is 12.6. The standard InChI is InChI=1S/C15H30N4O3S/c1-5-16(4)23(21,22)18-11-9-17(10-12-18)14-7-6-8-19(13(2)3)15(14)20/h13-14H,5-12H2,1-4H3. The molecule has 0 aromatic rings. The van der Waals surface area contributed by atoms with Gasteiger partial charge in [-0.2, -0.15) is 17.0 Å². The van der Waals surface area contributed by atoms with Crippen LogP contribution in [0.25, 0.3) is 0 Å². The number of carbonyl (C=O) groups is 1. The minimum atomic E-state index is -3.36. The summed E-state index contributed by atoms with van der Waals surface area (Å²) in [5, 5.41) is 0. The van der Waals surface area contributed by atoms with Crippen LogP contribution in [0.5, 0.6) is 0 Å². The molecule has 0 bridgehead atoms. The maximum Gasteiger partial charge on any atom is 0.281 e. The number of nitrogens with zero attached hydrogens (tertiary/aromatic N) is 4. The van der Waals surface area contributed by atoms with Gasteiger partial charge in [0.15, 0.2) is 0 Å². The van der Waals surface area contributed by atoms with Crippen LogP contribution in [0.3, 0.4) is 0 Å². The fourth-order valence-electron chi connectivity index (χ4n) is 3.34. The van der Waals surface area contributed by atoms with Crippen LogP contribution in [0.1, 0.15) is 33.6 Å². The Morgan fingerprint density at radius 3 is 2.30 bits per heavy atom. The zero-order valence-electron chi connectivity index (χ0n) is 14.7. The molecule has 2 rings (SSSR count). The average molecular weight is 346 g/mol. The molecule has 0 aromatic carbocycles. The normalized spacial score (nSPS) is 25.6.